The van der Waals surface area contributed by atoms with E-state index in [0.29, 0.717) is 35.2 Å². The molecule has 0 bridgehead atoms. The minimum absolute atomic E-state index is 0.0449. The Balaban J connectivity index is 1.39. The highest BCUT2D eigenvalue weighted by Crippen LogP contribution is 2.35. The van der Waals surface area contributed by atoms with E-state index >= 15 is 0 Å². The van der Waals surface area contributed by atoms with Crippen molar-refractivity contribution in [1.82, 2.24) is 10.3 Å². The topological polar surface area (TPSA) is 74.6 Å². The summed E-state index contributed by atoms with van der Waals surface area (Å²) in [4.78, 5) is 4.01. The van der Waals surface area contributed by atoms with E-state index in [4.69, 9.17) is 4.74 Å². The molecule has 1 fully saturated rings. The second kappa shape index (κ2) is 9.20. The molecule has 5 nitrogen and oxygen atoms in total. The van der Waals surface area contributed by atoms with Gasteiger partial charge in [0.15, 0.2) is 0 Å². The molecule has 1 atom stereocenters. The first-order chi connectivity index (χ1) is 15.7. The van der Waals surface area contributed by atoms with Gasteiger partial charge in [-0.25, -0.2) is 8.78 Å². The Morgan fingerprint density at radius 1 is 1.09 bits per heavy atom. The number of ether oxygens (including phenoxy) is 1. The van der Waals surface area contributed by atoms with Crippen LogP contribution in [-0.4, -0.2) is 33.9 Å². The molecule has 2 aromatic carbocycles. The molecule has 1 heterocycles. The Labute approximate surface area is 185 Å². The summed E-state index contributed by atoms with van der Waals surface area (Å²) in [5, 5.41) is 23.5. The molecule has 1 aliphatic carbocycles. The number of nitrogens with zero attached hydrogens (tertiary/aromatic N) is 1. The van der Waals surface area contributed by atoms with Crippen molar-refractivity contribution in [2.75, 3.05) is 6.61 Å². The van der Waals surface area contributed by atoms with Crippen molar-refractivity contribution in [2.45, 2.75) is 43.8 Å². The number of benzene rings is 2. The lowest BCUT2D eigenvalue weighted by atomic mass is 9.88. The van der Waals surface area contributed by atoms with Crippen LogP contribution in [0.4, 0.5) is 22.0 Å². The maximum absolute atomic E-state index is 14.8. The molecule has 176 valence electrons. The molecular formula is C23H21F5N2O3. The van der Waals surface area contributed by atoms with Crippen molar-refractivity contribution in [3.8, 4) is 5.75 Å². The van der Waals surface area contributed by atoms with E-state index in [1.165, 1.54) is 18.5 Å². The Hall–Kier alpha value is -2.82. The molecule has 1 aromatic heterocycles. The Kier molecular flexibility index (Phi) is 6.51. The zero-order valence-corrected chi connectivity index (χ0v) is 17.2. The van der Waals surface area contributed by atoms with Gasteiger partial charge in [-0.05, 0) is 54.1 Å². The van der Waals surface area contributed by atoms with Crippen molar-refractivity contribution in [3.63, 3.8) is 0 Å². The summed E-state index contributed by atoms with van der Waals surface area (Å²) in [6.45, 7) is -0.378. The first-order valence-corrected chi connectivity index (χ1v) is 10.3. The SMILES string of the molecule is OC[C@@H](O)c1cc(F)c(CNC2CC(Oc3ccc(F)c(C(F)(F)F)c3)C2)c2ccncc12. The van der Waals surface area contributed by atoms with Crippen LogP contribution in [0.3, 0.4) is 0 Å². The van der Waals surface area contributed by atoms with Gasteiger partial charge < -0.3 is 20.3 Å². The smallest absolute Gasteiger partial charge is 0.419 e. The average molecular weight is 468 g/mol. The van der Waals surface area contributed by atoms with Crippen LogP contribution in [0, 0.1) is 11.6 Å². The van der Waals surface area contributed by atoms with Gasteiger partial charge in [0, 0.05) is 35.9 Å². The molecule has 0 aliphatic heterocycles. The summed E-state index contributed by atoms with van der Waals surface area (Å²) in [7, 11) is 0. The minimum Gasteiger partial charge on any atom is -0.490 e. The van der Waals surface area contributed by atoms with Gasteiger partial charge in [0.1, 0.15) is 29.6 Å². The normalized spacial score (nSPS) is 19.4. The minimum atomic E-state index is -4.81. The van der Waals surface area contributed by atoms with E-state index in [1.807, 2.05) is 0 Å². The van der Waals surface area contributed by atoms with Crippen molar-refractivity contribution in [3.05, 3.63) is 71.1 Å². The molecule has 4 rings (SSSR count). The predicted octanol–water partition coefficient (Wildman–Crippen LogP) is 4.26. The predicted molar refractivity (Wildman–Crippen MR) is 109 cm³/mol. The molecule has 10 heteroatoms. The third-order valence-electron chi connectivity index (χ3n) is 5.77. The first kappa shape index (κ1) is 23.3. The summed E-state index contributed by atoms with van der Waals surface area (Å²) in [6.07, 6.45) is -2.41. The van der Waals surface area contributed by atoms with Crippen molar-refractivity contribution >= 4 is 10.8 Å². The van der Waals surface area contributed by atoms with Crippen LogP contribution in [0.2, 0.25) is 0 Å². The average Bonchev–Trinajstić information content (AvgIpc) is 2.75. The third-order valence-corrected chi connectivity index (χ3v) is 5.77. The summed E-state index contributed by atoms with van der Waals surface area (Å²) in [5.41, 5.74) is -0.754. The number of hydrogen-bond donors (Lipinski definition) is 3. The fraction of sp³-hybridized carbons (Fsp3) is 0.348. The molecular weight excluding hydrogens is 447 g/mol. The second-order valence-corrected chi connectivity index (χ2v) is 7.97. The first-order valence-electron chi connectivity index (χ1n) is 10.3. The summed E-state index contributed by atoms with van der Waals surface area (Å²) in [5.74, 6) is -1.96. The molecule has 0 spiro atoms. The van der Waals surface area contributed by atoms with Gasteiger partial charge >= 0.3 is 6.18 Å². The number of hydrogen-bond acceptors (Lipinski definition) is 5. The fourth-order valence-electron chi connectivity index (χ4n) is 3.93. The third kappa shape index (κ3) is 4.92. The number of aliphatic hydroxyl groups excluding tert-OH is 2. The number of alkyl halides is 3. The van der Waals surface area contributed by atoms with Gasteiger partial charge in [-0.15, -0.1) is 0 Å². The number of aliphatic hydroxyl groups is 2. The highest BCUT2D eigenvalue weighted by molar-refractivity contribution is 5.88. The zero-order valence-electron chi connectivity index (χ0n) is 17.2. The number of pyridine rings is 1. The molecule has 1 aliphatic rings. The molecule has 3 aromatic rings. The lowest BCUT2D eigenvalue weighted by Gasteiger charge is -2.36. The highest BCUT2D eigenvalue weighted by Gasteiger charge is 2.36. The van der Waals surface area contributed by atoms with E-state index in [0.717, 1.165) is 12.1 Å². The largest absolute Gasteiger partial charge is 0.490 e. The maximum atomic E-state index is 14.8. The Morgan fingerprint density at radius 2 is 1.85 bits per heavy atom. The van der Waals surface area contributed by atoms with E-state index in [1.54, 1.807) is 6.07 Å². The number of nitrogens with one attached hydrogen (secondary N) is 1. The van der Waals surface area contributed by atoms with Gasteiger partial charge in [-0.3, -0.25) is 4.98 Å². The lowest BCUT2D eigenvalue weighted by Crippen LogP contribution is -2.46. The fourth-order valence-corrected chi connectivity index (χ4v) is 3.93. The van der Waals surface area contributed by atoms with Crippen LogP contribution < -0.4 is 10.1 Å². The van der Waals surface area contributed by atoms with E-state index in [9.17, 15) is 32.2 Å². The van der Waals surface area contributed by atoms with Crippen LogP contribution in [0.5, 0.6) is 5.75 Å². The van der Waals surface area contributed by atoms with Crippen molar-refractivity contribution in [2.24, 2.45) is 0 Å². The van der Waals surface area contributed by atoms with Gasteiger partial charge in [-0.2, -0.15) is 13.2 Å². The van der Waals surface area contributed by atoms with Crippen molar-refractivity contribution in [1.29, 1.82) is 0 Å². The summed E-state index contributed by atoms with van der Waals surface area (Å²) >= 11 is 0. The van der Waals surface area contributed by atoms with Crippen LogP contribution >= 0.6 is 0 Å². The molecule has 1 saturated carbocycles. The molecule has 3 N–H and O–H groups in total. The van der Waals surface area contributed by atoms with E-state index in [-0.39, 0.29) is 30.0 Å². The van der Waals surface area contributed by atoms with Gasteiger partial charge in [0.05, 0.1) is 12.2 Å². The zero-order chi connectivity index (χ0) is 23.8. The lowest BCUT2D eigenvalue weighted by molar-refractivity contribution is -0.140. The Morgan fingerprint density at radius 3 is 2.55 bits per heavy atom. The van der Waals surface area contributed by atoms with Crippen LogP contribution in [0.25, 0.3) is 10.8 Å². The number of aromatic nitrogens is 1. The molecule has 0 unspecified atom stereocenters. The van der Waals surface area contributed by atoms with E-state index < -0.39 is 36.1 Å². The summed E-state index contributed by atoms with van der Waals surface area (Å²) in [6, 6.07) is 5.30. The van der Waals surface area contributed by atoms with Crippen molar-refractivity contribution < 1.29 is 36.9 Å². The van der Waals surface area contributed by atoms with Gasteiger partial charge in [0.25, 0.3) is 0 Å². The summed E-state index contributed by atoms with van der Waals surface area (Å²) < 4.78 is 72.3. The van der Waals surface area contributed by atoms with Gasteiger partial charge in [-0.1, -0.05) is 0 Å². The maximum Gasteiger partial charge on any atom is 0.419 e. The Bertz CT molecular complexity index is 1150. The monoisotopic (exact) mass is 468 g/mol. The standard InChI is InChI=1S/C23H21F5N2O3/c24-20-2-1-13(7-19(20)23(26,27)28)33-14-5-12(6-14)30-10-18-15-3-4-29-9-17(15)16(8-21(18)25)22(32)11-31/h1-4,7-9,12,14,22,30-32H,5-6,10-11H2/t12?,14?,22-/m1/s1. The number of fused-ring (bicyclic) bond motifs is 1. The van der Waals surface area contributed by atoms with Crippen LogP contribution in [-0.2, 0) is 12.7 Å². The molecule has 33 heavy (non-hydrogen) atoms. The highest BCUT2D eigenvalue weighted by atomic mass is 19.4. The van der Waals surface area contributed by atoms with E-state index in [2.05, 4.69) is 10.3 Å². The van der Waals surface area contributed by atoms with Crippen LogP contribution in [0.1, 0.15) is 35.6 Å². The number of rotatable bonds is 7. The second-order valence-electron chi connectivity index (χ2n) is 7.97. The van der Waals surface area contributed by atoms with Gasteiger partial charge in [0.2, 0.25) is 0 Å². The molecule has 0 amide bonds. The molecule has 0 radical (unpaired) electrons. The number of halogens is 5. The van der Waals surface area contributed by atoms with Crippen LogP contribution in [0.15, 0.2) is 42.7 Å². The quantitative estimate of drug-likeness (QED) is 0.452. The molecule has 0 saturated heterocycles.